The number of hydrogen-bond acceptors (Lipinski definition) is 4. The average Bonchev–Trinajstić information content (AvgIpc) is 2.33. The summed E-state index contributed by atoms with van der Waals surface area (Å²) in [6, 6.07) is 0. The van der Waals surface area contributed by atoms with Gasteiger partial charge >= 0.3 is 0 Å². The zero-order valence-corrected chi connectivity index (χ0v) is 11.5. The summed E-state index contributed by atoms with van der Waals surface area (Å²) in [6.45, 7) is 11.4. The zero-order chi connectivity index (χ0) is 12.5. The normalized spacial score (nSPS) is 19.1. The fourth-order valence-electron chi connectivity index (χ4n) is 2.23. The minimum Gasteiger partial charge on any atom is -0.378 e. The molecule has 4 nitrogen and oxygen atoms in total. The summed E-state index contributed by atoms with van der Waals surface area (Å²) in [7, 11) is 0. The highest BCUT2D eigenvalue weighted by Crippen LogP contribution is 2.14. The molecule has 0 radical (unpaired) electrons. The van der Waals surface area contributed by atoms with Gasteiger partial charge in [0.05, 0.1) is 6.10 Å². The highest BCUT2D eigenvalue weighted by molar-refractivity contribution is 4.73. The highest BCUT2D eigenvalue weighted by atomic mass is 16.7. The van der Waals surface area contributed by atoms with Crippen LogP contribution < -0.4 is 0 Å². The van der Waals surface area contributed by atoms with Crippen molar-refractivity contribution in [2.24, 2.45) is 0 Å². The quantitative estimate of drug-likeness (QED) is 0.611. The van der Waals surface area contributed by atoms with Gasteiger partial charge in [-0.1, -0.05) is 0 Å². The van der Waals surface area contributed by atoms with Crippen molar-refractivity contribution < 1.29 is 14.2 Å². The zero-order valence-electron chi connectivity index (χ0n) is 11.5. The van der Waals surface area contributed by atoms with E-state index in [0.717, 1.165) is 39.1 Å². The Morgan fingerprint density at radius 3 is 2.06 bits per heavy atom. The second-order valence-electron chi connectivity index (χ2n) is 4.30. The van der Waals surface area contributed by atoms with E-state index in [1.807, 2.05) is 13.8 Å². The molecule has 0 aromatic heterocycles. The van der Waals surface area contributed by atoms with Crippen LogP contribution in [0.15, 0.2) is 0 Å². The van der Waals surface area contributed by atoms with Crippen LogP contribution >= 0.6 is 0 Å². The van der Waals surface area contributed by atoms with Crippen LogP contribution in [-0.4, -0.2) is 56.7 Å². The summed E-state index contributed by atoms with van der Waals surface area (Å²) in [5.74, 6) is 0. The molecule has 1 saturated heterocycles. The molecule has 0 atom stereocenters. The summed E-state index contributed by atoms with van der Waals surface area (Å²) in [5.41, 5.74) is 0. The minimum absolute atomic E-state index is 0.0753. The third kappa shape index (κ3) is 5.82. The maximum atomic E-state index is 5.64. The van der Waals surface area contributed by atoms with E-state index in [-0.39, 0.29) is 6.29 Å². The van der Waals surface area contributed by atoms with Crippen molar-refractivity contribution in [3.05, 3.63) is 0 Å². The van der Waals surface area contributed by atoms with E-state index in [0.29, 0.717) is 19.3 Å². The molecule has 4 heteroatoms. The molecule has 0 saturated carbocycles. The molecule has 1 fully saturated rings. The van der Waals surface area contributed by atoms with Crippen LogP contribution in [0.5, 0.6) is 0 Å². The lowest BCUT2D eigenvalue weighted by Gasteiger charge is -2.33. The van der Waals surface area contributed by atoms with E-state index in [1.165, 1.54) is 0 Å². The lowest BCUT2D eigenvalue weighted by Crippen LogP contribution is -2.42. The van der Waals surface area contributed by atoms with Crippen molar-refractivity contribution in [3.63, 3.8) is 0 Å². The first kappa shape index (κ1) is 14.9. The summed E-state index contributed by atoms with van der Waals surface area (Å²) in [5, 5.41) is 0. The van der Waals surface area contributed by atoms with Gasteiger partial charge in [-0.3, -0.25) is 4.90 Å². The van der Waals surface area contributed by atoms with Gasteiger partial charge in [0.25, 0.3) is 0 Å². The van der Waals surface area contributed by atoms with Crippen LogP contribution in [0.3, 0.4) is 0 Å². The SMILES string of the molecule is CCOC1CCN(CC(OCC)OCC)CC1. The van der Waals surface area contributed by atoms with Crippen molar-refractivity contribution >= 4 is 0 Å². The molecule has 1 aliphatic rings. The Hall–Kier alpha value is -0.160. The Morgan fingerprint density at radius 2 is 1.59 bits per heavy atom. The Labute approximate surface area is 105 Å². The lowest BCUT2D eigenvalue weighted by atomic mass is 10.1. The van der Waals surface area contributed by atoms with E-state index in [2.05, 4.69) is 11.8 Å². The molecule has 1 aliphatic heterocycles. The lowest BCUT2D eigenvalue weighted by molar-refractivity contribution is -0.150. The first-order valence-electron chi connectivity index (χ1n) is 6.87. The molecule has 0 amide bonds. The Kier molecular flexibility index (Phi) is 7.77. The molecule has 0 aromatic carbocycles. The van der Waals surface area contributed by atoms with Crippen molar-refractivity contribution in [2.75, 3.05) is 39.5 Å². The van der Waals surface area contributed by atoms with Gasteiger partial charge in [-0.15, -0.1) is 0 Å². The molecule has 1 heterocycles. The van der Waals surface area contributed by atoms with Crippen molar-refractivity contribution in [1.82, 2.24) is 4.90 Å². The van der Waals surface area contributed by atoms with Crippen LogP contribution in [0.4, 0.5) is 0 Å². The predicted octanol–water partition coefficient (Wildman–Crippen LogP) is 1.89. The van der Waals surface area contributed by atoms with Crippen LogP contribution in [0.25, 0.3) is 0 Å². The Morgan fingerprint density at radius 1 is 1.00 bits per heavy atom. The average molecular weight is 245 g/mol. The molecule has 0 aliphatic carbocycles. The van der Waals surface area contributed by atoms with Gasteiger partial charge < -0.3 is 14.2 Å². The molecule has 0 aromatic rings. The van der Waals surface area contributed by atoms with E-state index < -0.39 is 0 Å². The van der Waals surface area contributed by atoms with Gasteiger partial charge in [0, 0.05) is 39.5 Å². The van der Waals surface area contributed by atoms with Gasteiger partial charge in [-0.2, -0.15) is 0 Å². The van der Waals surface area contributed by atoms with Crippen molar-refractivity contribution in [2.45, 2.75) is 46.0 Å². The van der Waals surface area contributed by atoms with Gasteiger partial charge in [0.1, 0.15) is 0 Å². The molecule has 17 heavy (non-hydrogen) atoms. The predicted molar refractivity (Wildman–Crippen MR) is 68.1 cm³/mol. The Bertz CT molecular complexity index is 176. The molecule has 0 bridgehead atoms. The van der Waals surface area contributed by atoms with Gasteiger partial charge in [0.2, 0.25) is 0 Å². The maximum Gasteiger partial charge on any atom is 0.170 e. The van der Waals surface area contributed by atoms with Crippen LogP contribution in [0.1, 0.15) is 33.6 Å². The fourth-order valence-corrected chi connectivity index (χ4v) is 2.23. The van der Waals surface area contributed by atoms with E-state index >= 15 is 0 Å². The van der Waals surface area contributed by atoms with E-state index in [9.17, 15) is 0 Å². The second-order valence-corrected chi connectivity index (χ2v) is 4.30. The standard InChI is InChI=1S/C13H27NO3/c1-4-15-12-7-9-14(10-8-12)11-13(16-5-2)17-6-3/h12-13H,4-11H2,1-3H3. The van der Waals surface area contributed by atoms with Crippen molar-refractivity contribution in [3.8, 4) is 0 Å². The first-order chi connectivity index (χ1) is 8.30. The number of ether oxygens (including phenoxy) is 3. The topological polar surface area (TPSA) is 30.9 Å². The smallest absolute Gasteiger partial charge is 0.170 e. The van der Waals surface area contributed by atoms with Crippen LogP contribution in [0, 0.1) is 0 Å². The van der Waals surface area contributed by atoms with E-state index in [4.69, 9.17) is 14.2 Å². The second kappa shape index (κ2) is 8.86. The molecule has 102 valence electrons. The molecule has 0 unspecified atom stereocenters. The monoisotopic (exact) mass is 245 g/mol. The summed E-state index contributed by atoms with van der Waals surface area (Å²) in [4.78, 5) is 2.41. The molecule has 0 N–H and O–H groups in total. The number of rotatable bonds is 8. The third-order valence-corrected chi connectivity index (χ3v) is 3.05. The molecule has 0 spiro atoms. The maximum absolute atomic E-state index is 5.64. The minimum atomic E-state index is -0.0753. The molecule has 1 rings (SSSR count). The number of likely N-dealkylation sites (tertiary alicyclic amines) is 1. The van der Waals surface area contributed by atoms with Crippen LogP contribution in [0.2, 0.25) is 0 Å². The third-order valence-electron chi connectivity index (χ3n) is 3.05. The number of nitrogens with zero attached hydrogens (tertiary/aromatic N) is 1. The number of piperidine rings is 1. The molecular formula is C13H27NO3. The first-order valence-corrected chi connectivity index (χ1v) is 6.87. The van der Waals surface area contributed by atoms with Crippen molar-refractivity contribution in [1.29, 1.82) is 0 Å². The Balaban J connectivity index is 2.22. The van der Waals surface area contributed by atoms with Crippen LogP contribution in [-0.2, 0) is 14.2 Å². The van der Waals surface area contributed by atoms with Gasteiger partial charge in [0.15, 0.2) is 6.29 Å². The van der Waals surface area contributed by atoms with Gasteiger partial charge in [-0.05, 0) is 33.6 Å². The largest absolute Gasteiger partial charge is 0.378 e. The summed E-state index contributed by atoms with van der Waals surface area (Å²) >= 11 is 0. The van der Waals surface area contributed by atoms with E-state index in [1.54, 1.807) is 0 Å². The number of hydrogen-bond donors (Lipinski definition) is 0. The summed E-state index contributed by atoms with van der Waals surface area (Å²) < 4.78 is 16.8. The molecular weight excluding hydrogens is 218 g/mol. The highest BCUT2D eigenvalue weighted by Gasteiger charge is 2.22. The summed E-state index contributed by atoms with van der Waals surface area (Å²) in [6.07, 6.45) is 2.62. The fraction of sp³-hybridized carbons (Fsp3) is 1.00. The van der Waals surface area contributed by atoms with Gasteiger partial charge in [-0.25, -0.2) is 0 Å².